The molecule has 0 amide bonds. The van der Waals surface area contributed by atoms with Crippen molar-refractivity contribution in [3.05, 3.63) is 0 Å². The molecule has 1 aliphatic rings. The van der Waals surface area contributed by atoms with Gasteiger partial charge >= 0.3 is 59.1 Å². The molecule has 0 aromatic rings. The van der Waals surface area contributed by atoms with E-state index in [2.05, 4.69) is 9.26 Å². The molecule has 0 bridgehead atoms. The summed E-state index contributed by atoms with van der Waals surface area (Å²) >= 11 is 0. The topological polar surface area (TPSA) is 163 Å². The molecule has 12 heteroatoms. The molecule has 1 aliphatic heterocycles. The van der Waals surface area contributed by atoms with E-state index in [1.165, 1.54) is 0 Å². The predicted molar refractivity (Wildman–Crippen MR) is 42.5 cm³/mol. The van der Waals surface area contributed by atoms with Crippen molar-refractivity contribution in [2.24, 2.45) is 0 Å². The van der Waals surface area contributed by atoms with Crippen molar-refractivity contribution in [3.63, 3.8) is 0 Å². The van der Waals surface area contributed by atoms with Crippen molar-refractivity contribution >= 4 is 7.82 Å². The van der Waals surface area contributed by atoms with Gasteiger partial charge in [0.2, 0.25) is 5.79 Å². The normalized spacial score (nSPS) is 35.8. The second-order valence-corrected chi connectivity index (χ2v) is 4.49. The zero-order valence-corrected chi connectivity index (χ0v) is 14.8. The van der Waals surface area contributed by atoms with Gasteiger partial charge in [0, 0.05) is 0 Å². The van der Waals surface area contributed by atoms with Crippen molar-refractivity contribution in [2.45, 2.75) is 24.1 Å². The Morgan fingerprint density at radius 1 is 1.33 bits per heavy atom. The first-order chi connectivity index (χ1) is 7.19. The van der Waals surface area contributed by atoms with E-state index in [9.17, 15) is 29.7 Å². The van der Waals surface area contributed by atoms with Crippen LogP contribution in [0.3, 0.4) is 0 Å². The summed E-state index contributed by atoms with van der Waals surface area (Å²) in [4.78, 5) is 20.3. The second-order valence-electron chi connectivity index (χ2n) is 3.34. The van der Waals surface area contributed by atoms with Crippen LogP contribution in [0.1, 0.15) is 0 Å². The van der Waals surface area contributed by atoms with Crippen LogP contribution in [0.4, 0.5) is 0 Å². The summed E-state index contributed by atoms with van der Waals surface area (Å²) in [6.07, 6.45) is -4.80. The fourth-order valence-corrected chi connectivity index (χ4v) is 1.65. The molecule has 1 saturated heterocycles. The molecule has 4 unspecified atom stereocenters. The summed E-state index contributed by atoms with van der Waals surface area (Å²) in [7, 11) is -5.33. The third-order valence-corrected chi connectivity index (χ3v) is 2.58. The van der Waals surface area contributed by atoms with Crippen LogP contribution in [0, 0.1) is 0 Å². The first-order valence-electron chi connectivity index (χ1n) is 4.23. The fraction of sp³-hybridized carbons (Fsp3) is 1.00. The number of rotatable bonds is 4. The molecule has 0 spiro atoms. The number of phosphoric acid groups is 1. The standard InChI is InChI=1S/C6H13O9P.2Na/c7-1-3-4(8)5(9)6(10,15-3)2-14-16(11,12)13;;/h3-5,7-10H,1-2H2,(H2,11,12,13);;/q;2*+1/p-2. The van der Waals surface area contributed by atoms with Crippen LogP contribution in [0.15, 0.2) is 0 Å². The zero-order chi connectivity index (χ0) is 12.6. The van der Waals surface area contributed by atoms with Crippen LogP contribution in [0.5, 0.6) is 0 Å². The number of hydrogen-bond donors (Lipinski definition) is 4. The molecular formula is C6H11Na2O9P. The van der Waals surface area contributed by atoms with Gasteiger partial charge in [-0.3, -0.25) is 0 Å². The van der Waals surface area contributed by atoms with Crippen LogP contribution >= 0.6 is 7.82 Å². The van der Waals surface area contributed by atoms with Gasteiger partial charge < -0.3 is 44.0 Å². The number of aliphatic hydroxyl groups excluding tert-OH is 3. The Bertz CT molecular complexity index is 299. The monoisotopic (exact) mass is 304 g/mol. The number of hydrogen-bond acceptors (Lipinski definition) is 9. The Kier molecular flexibility index (Phi) is 10.3. The minimum absolute atomic E-state index is 0. The predicted octanol–water partition coefficient (Wildman–Crippen LogP) is -10.4. The van der Waals surface area contributed by atoms with Gasteiger partial charge in [-0.15, -0.1) is 0 Å². The van der Waals surface area contributed by atoms with E-state index >= 15 is 0 Å². The first-order valence-corrected chi connectivity index (χ1v) is 5.69. The van der Waals surface area contributed by atoms with Crippen LogP contribution in [0.25, 0.3) is 0 Å². The Balaban J connectivity index is 0. The largest absolute Gasteiger partial charge is 1.00 e. The quantitative estimate of drug-likeness (QED) is 0.292. The van der Waals surface area contributed by atoms with Crippen LogP contribution in [0.2, 0.25) is 0 Å². The van der Waals surface area contributed by atoms with Crippen LogP contribution in [-0.2, 0) is 13.8 Å². The van der Waals surface area contributed by atoms with Crippen molar-refractivity contribution in [2.75, 3.05) is 13.2 Å². The van der Waals surface area contributed by atoms with Crippen molar-refractivity contribution in [3.8, 4) is 0 Å². The summed E-state index contributed by atoms with van der Waals surface area (Å²) in [5, 5.41) is 36.8. The van der Waals surface area contributed by atoms with E-state index in [0.29, 0.717) is 0 Å². The fourth-order valence-electron chi connectivity index (χ4n) is 1.31. The minimum atomic E-state index is -5.33. The van der Waals surface area contributed by atoms with E-state index in [-0.39, 0.29) is 59.1 Å². The summed E-state index contributed by atoms with van der Waals surface area (Å²) in [5.41, 5.74) is 0. The number of phosphoric ester groups is 1. The number of ether oxygens (including phenoxy) is 1. The SMILES string of the molecule is O=P([O-])([O-])OCC1(O)OC(CO)C(O)C1O.[Na+].[Na+]. The van der Waals surface area contributed by atoms with Crippen molar-refractivity contribution in [1.82, 2.24) is 0 Å². The molecular weight excluding hydrogens is 293 g/mol. The summed E-state index contributed by atoms with van der Waals surface area (Å²) < 4.78 is 18.5. The van der Waals surface area contributed by atoms with Crippen LogP contribution in [-0.4, -0.2) is 57.7 Å². The molecule has 1 rings (SSSR count). The smallest absolute Gasteiger partial charge is 0.790 e. The van der Waals surface area contributed by atoms with E-state index < -0.39 is 45.1 Å². The van der Waals surface area contributed by atoms with Gasteiger partial charge in [0.05, 0.1) is 14.4 Å². The molecule has 0 aromatic heterocycles. The average Bonchev–Trinajstić information content (AvgIpc) is 2.40. The Morgan fingerprint density at radius 3 is 2.17 bits per heavy atom. The summed E-state index contributed by atoms with van der Waals surface area (Å²) in [6.45, 7) is -1.86. The molecule has 0 aliphatic carbocycles. The molecule has 96 valence electrons. The first kappa shape index (κ1) is 22.2. The van der Waals surface area contributed by atoms with Crippen molar-refractivity contribution < 1.29 is 103 Å². The molecule has 1 heterocycles. The maximum atomic E-state index is 10.2. The van der Waals surface area contributed by atoms with E-state index in [1.807, 2.05) is 0 Å². The third kappa shape index (κ3) is 5.72. The Hall–Kier alpha value is 1.91. The van der Waals surface area contributed by atoms with Gasteiger partial charge in [-0.25, -0.2) is 0 Å². The minimum Gasteiger partial charge on any atom is -0.790 e. The van der Waals surface area contributed by atoms with Crippen LogP contribution < -0.4 is 68.9 Å². The molecule has 0 aromatic carbocycles. The van der Waals surface area contributed by atoms with E-state index in [1.54, 1.807) is 0 Å². The Morgan fingerprint density at radius 2 is 1.83 bits per heavy atom. The molecule has 9 nitrogen and oxygen atoms in total. The van der Waals surface area contributed by atoms with E-state index in [4.69, 9.17) is 5.11 Å². The van der Waals surface area contributed by atoms with Gasteiger partial charge in [0.1, 0.15) is 24.9 Å². The summed E-state index contributed by atoms with van der Waals surface area (Å²) in [6, 6.07) is 0. The molecule has 1 fully saturated rings. The van der Waals surface area contributed by atoms with Gasteiger partial charge in [-0.1, -0.05) is 0 Å². The van der Waals surface area contributed by atoms with Gasteiger partial charge in [-0.2, -0.15) is 0 Å². The molecule has 0 saturated carbocycles. The van der Waals surface area contributed by atoms with Gasteiger partial charge in [-0.05, 0) is 0 Å². The van der Waals surface area contributed by atoms with Gasteiger partial charge in [0.15, 0.2) is 0 Å². The molecule has 4 N–H and O–H groups in total. The zero-order valence-electron chi connectivity index (χ0n) is 9.92. The second kappa shape index (κ2) is 8.38. The average molecular weight is 304 g/mol. The maximum absolute atomic E-state index is 10.2. The molecule has 18 heavy (non-hydrogen) atoms. The Labute approximate surface area is 147 Å². The van der Waals surface area contributed by atoms with Crippen molar-refractivity contribution in [1.29, 1.82) is 0 Å². The number of aliphatic hydroxyl groups is 4. The molecule has 0 radical (unpaired) electrons. The third-order valence-electron chi connectivity index (χ3n) is 2.13. The van der Waals surface area contributed by atoms with E-state index in [0.717, 1.165) is 0 Å². The molecule has 4 atom stereocenters. The van der Waals surface area contributed by atoms with Gasteiger partial charge in [0.25, 0.3) is 0 Å². The summed E-state index contributed by atoms with van der Waals surface area (Å²) in [5.74, 6) is -2.54. The maximum Gasteiger partial charge on any atom is 1.00 e.